The molecular formula is C10H7BrFN5O3. The third-order valence-corrected chi connectivity index (χ3v) is 2.72. The Kier molecular flexibility index (Phi) is 4.05. The molecule has 10 heteroatoms. The number of nitro benzene ring substituents is 1. The molecule has 104 valence electrons. The Bertz CT molecular complexity index is 669. The fourth-order valence-electron chi connectivity index (χ4n) is 1.30. The van der Waals surface area contributed by atoms with Crippen LogP contribution in [-0.2, 0) is 0 Å². The smallest absolute Gasteiger partial charge is 0.305 e. The topological polar surface area (TPSA) is 116 Å². The highest BCUT2D eigenvalue weighted by Gasteiger charge is 2.15. The molecule has 8 nitrogen and oxygen atoms in total. The molecule has 0 bridgehead atoms. The van der Waals surface area contributed by atoms with Crippen molar-refractivity contribution in [2.45, 2.75) is 0 Å². The zero-order chi connectivity index (χ0) is 14.7. The normalized spacial score (nSPS) is 10.2. The highest BCUT2D eigenvalue weighted by Crippen LogP contribution is 2.30. The van der Waals surface area contributed by atoms with Crippen LogP contribution >= 0.6 is 15.9 Å². The van der Waals surface area contributed by atoms with Gasteiger partial charge in [0.05, 0.1) is 15.6 Å². The van der Waals surface area contributed by atoms with Gasteiger partial charge in [-0.3, -0.25) is 15.5 Å². The zero-order valence-electron chi connectivity index (χ0n) is 9.71. The van der Waals surface area contributed by atoms with Crippen LogP contribution in [0.5, 0.6) is 11.6 Å². The Hall–Kier alpha value is -2.33. The number of nitrogens with one attached hydrogen (secondary N) is 1. The van der Waals surface area contributed by atoms with Crippen molar-refractivity contribution in [1.82, 2.24) is 9.97 Å². The Morgan fingerprint density at radius 2 is 2.25 bits per heavy atom. The predicted octanol–water partition coefficient (Wildman–Crippen LogP) is 2.36. The van der Waals surface area contributed by atoms with Crippen molar-refractivity contribution in [3.05, 3.63) is 44.8 Å². The monoisotopic (exact) mass is 343 g/mol. The standard InChI is InChI=1S/C10H7BrFN5O3/c11-6-4-14-10(16-13)15-9(6)20-5-1-2-8(17(18)19)7(12)3-5/h1-4H,13H2,(H,14,15,16). The van der Waals surface area contributed by atoms with Gasteiger partial charge < -0.3 is 4.74 Å². The molecule has 0 amide bonds. The van der Waals surface area contributed by atoms with E-state index >= 15 is 0 Å². The fraction of sp³-hybridized carbons (Fsp3) is 0. The summed E-state index contributed by atoms with van der Waals surface area (Å²) < 4.78 is 19.2. The largest absolute Gasteiger partial charge is 0.438 e. The molecule has 3 N–H and O–H groups in total. The molecule has 1 heterocycles. The average Bonchev–Trinajstić information content (AvgIpc) is 2.41. The summed E-state index contributed by atoms with van der Waals surface area (Å²) in [4.78, 5) is 17.4. The summed E-state index contributed by atoms with van der Waals surface area (Å²) in [7, 11) is 0. The molecule has 0 spiro atoms. The van der Waals surface area contributed by atoms with Gasteiger partial charge in [-0.05, 0) is 22.0 Å². The van der Waals surface area contributed by atoms with Crippen LogP contribution in [0.4, 0.5) is 16.0 Å². The number of rotatable bonds is 4. The number of anilines is 1. The molecule has 2 rings (SSSR count). The quantitative estimate of drug-likeness (QED) is 0.497. The maximum atomic E-state index is 13.5. The summed E-state index contributed by atoms with van der Waals surface area (Å²) in [5, 5.41) is 10.5. The number of halogens is 2. The molecule has 1 aromatic carbocycles. The predicted molar refractivity (Wildman–Crippen MR) is 70.7 cm³/mol. The van der Waals surface area contributed by atoms with Crippen LogP contribution in [0.15, 0.2) is 28.9 Å². The minimum absolute atomic E-state index is 0.0514. The number of nitrogens with zero attached hydrogens (tertiary/aromatic N) is 3. The third-order valence-electron chi connectivity index (χ3n) is 2.17. The Balaban J connectivity index is 2.30. The average molecular weight is 344 g/mol. The number of hydrazine groups is 1. The first-order valence-corrected chi connectivity index (χ1v) is 5.91. The second-order valence-corrected chi connectivity index (χ2v) is 4.32. The second-order valence-electron chi connectivity index (χ2n) is 3.46. The lowest BCUT2D eigenvalue weighted by atomic mass is 10.3. The van der Waals surface area contributed by atoms with E-state index in [9.17, 15) is 14.5 Å². The molecule has 0 aliphatic heterocycles. The first kappa shape index (κ1) is 14.1. The zero-order valence-corrected chi connectivity index (χ0v) is 11.3. The summed E-state index contributed by atoms with van der Waals surface area (Å²) in [6, 6.07) is 3.15. The first-order valence-electron chi connectivity index (χ1n) is 5.12. The van der Waals surface area contributed by atoms with Crippen molar-refractivity contribution >= 4 is 27.6 Å². The summed E-state index contributed by atoms with van der Waals surface area (Å²) in [5.74, 6) is 4.39. The van der Waals surface area contributed by atoms with Crippen molar-refractivity contribution in [3.63, 3.8) is 0 Å². The number of ether oxygens (including phenoxy) is 1. The van der Waals surface area contributed by atoms with Gasteiger partial charge >= 0.3 is 5.69 Å². The van der Waals surface area contributed by atoms with Crippen LogP contribution < -0.4 is 16.0 Å². The van der Waals surface area contributed by atoms with Crippen LogP contribution in [-0.4, -0.2) is 14.9 Å². The van der Waals surface area contributed by atoms with E-state index in [1.807, 2.05) is 0 Å². The fourth-order valence-corrected chi connectivity index (χ4v) is 1.58. The molecule has 0 fully saturated rings. The Labute approximate surface area is 120 Å². The molecule has 0 saturated heterocycles. The van der Waals surface area contributed by atoms with Crippen LogP contribution in [0, 0.1) is 15.9 Å². The lowest BCUT2D eigenvalue weighted by molar-refractivity contribution is -0.387. The minimum Gasteiger partial charge on any atom is -0.438 e. The Morgan fingerprint density at radius 1 is 1.50 bits per heavy atom. The first-order chi connectivity index (χ1) is 9.51. The molecule has 0 atom stereocenters. The SMILES string of the molecule is NNc1ncc(Br)c(Oc2ccc([N+](=O)[O-])c(F)c2)n1. The van der Waals surface area contributed by atoms with E-state index in [4.69, 9.17) is 10.6 Å². The van der Waals surface area contributed by atoms with Crippen LogP contribution in [0.2, 0.25) is 0 Å². The third kappa shape index (κ3) is 2.97. The van der Waals surface area contributed by atoms with Crippen molar-refractivity contribution in [2.24, 2.45) is 5.84 Å². The van der Waals surface area contributed by atoms with Gasteiger partial charge in [-0.1, -0.05) is 0 Å². The van der Waals surface area contributed by atoms with Crippen LogP contribution in [0.1, 0.15) is 0 Å². The number of nitrogens with two attached hydrogens (primary N) is 1. The van der Waals surface area contributed by atoms with E-state index in [0.717, 1.165) is 12.1 Å². The number of hydrogen-bond acceptors (Lipinski definition) is 7. The molecule has 0 radical (unpaired) electrons. The van der Waals surface area contributed by atoms with Crippen molar-refractivity contribution in [3.8, 4) is 11.6 Å². The van der Waals surface area contributed by atoms with Gasteiger partial charge in [0.1, 0.15) is 5.75 Å². The lowest BCUT2D eigenvalue weighted by Crippen LogP contribution is -2.10. The van der Waals surface area contributed by atoms with Gasteiger partial charge in [0, 0.05) is 12.1 Å². The Morgan fingerprint density at radius 3 is 2.85 bits per heavy atom. The van der Waals surface area contributed by atoms with E-state index < -0.39 is 16.4 Å². The molecular weight excluding hydrogens is 337 g/mol. The van der Waals surface area contributed by atoms with Gasteiger partial charge in [-0.15, -0.1) is 0 Å². The van der Waals surface area contributed by atoms with Crippen molar-refractivity contribution in [2.75, 3.05) is 5.43 Å². The van der Waals surface area contributed by atoms with Crippen LogP contribution in [0.3, 0.4) is 0 Å². The van der Waals surface area contributed by atoms with E-state index in [0.29, 0.717) is 4.47 Å². The van der Waals surface area contributed by atoms with E-state index in [-0.39, 0.29) is 17.6 Å². The maximum Gasteiger partial charge on any atom is 0.305 e. The van der Waals surface area contributed by atoms with Crippen molar-refractivity contribution < 1.29 is 14.1 Å². The number of aromatic nitrogens is 2. The molecule has 0 aliphatic rings. The highest BCUT2D eigenvalue weighted by atomic mass is 79.9. The van der Waals surface area contributed by atoms with Gasteiger partial charge in [0.15, 0.2) is 0 Å². The number of benzene rings is 1. The summed E-state index contributed by atoms with van der Waals surface area (Å²) in [6.45, 7) is 0. The second kappa shape index (κ2) is 5.75. The van der Waals surface area contributed by atoms with Gasteiger partial charge in [0.2, 0.25) is 17.6 Å². The molecule has 0 aliphatic carbocycles. The number of nitrogen functional groups attached to an aromatic ring is 1. The molecule has 2 aromatic rings. The lowest BCUT2D eigenvalue weighted by Gasteiger charge is -2.07. The minimum atomic E-state index is -1.00. The summed E-state index contributed by atoms with van der Waals surface area (Å²) in [6.07, 6.45) is 1.39. The summed E-state index contributed by atoms with van der Waals surface area (Å²) >= 11 is 3.15. The molecule has 0 saturated carbocycles. The van der Waals surface area contributed by atoms with Gasteiger partial charge in [0.25, 0.3) is 0 Å². The number of hydrogen-bond donors (Lipinski definition) is 2. The van der Waals surface area contributed by atoms with E-state index in [1.165, 1.54) is 12.3 Å². The highest BCUT2D eigenvalue weighted by molar-refractivity contribution is 9.10. The van der Waals surface area contributed by atoms with E-state index in [1.54, 1.807) is 0 Å². The van der Waals surface area contributed by atoms with Crippen molar-refractivity contribution in [1.29, 1.82) is 0 Å². The molecule has 20 heavy (non-hydrogen) atoms. The van der Waals surface area contributed by atoms with Crippen LogP contribution in [0.25, 0.3) is 0 Å². The van der Waals surface area contributed by atoms with Gasteiger partial charge in [-0.2, -0.15) is 9.37 Å². The van der Waals surface area contributed by atoms with Gasteiger partial charge in [-0.25, -0.2) is 10.8 Å². The summed E-state index contributed by atoms with van der Waals surface area (Å²) in [5.41, 5.74) is 1.59. The van der Waals surface area contributed by atoms with E-state index in [2.05, 4.69) is 31.3 Å². The molecule has 1 aromatic heterocycles. The molecule has 0 unspecified atom stereocenters. The number of nitro groups is 1. The maximum absolute atomic E-state index is 13.5.